The smallest absolute Gasteiger partial charge is 0.388 e. The Morgan fingerprint density at radius 3 is 2.84 bits per heavy atom. The summed E-state index contributed by atoms with van der Waals surface area (Å²) in [6.45, 7) is 6.30. The highest BCUT2D eigenvalue weighted by atomic mass is 32.2. The summed E-state index contributed by atoms with van der Waals surface area (Å²) in [5, 5.41) is 6.03. The molecule has 1 heterocycles. The van der Waals surface area contributed by atoms with Crippen molar-refractivity contribution in [1.29, 1.82) is 0 Å². The Balaban J connectivity index is 2.18. The number of H-pyrrole nitrogens is 1. The Hall–Kier alpha value is -1.82. The molecule has 0 saturated carbocycles. The van der Waals surface area contributed by atoms with Gasteiger partial charge in [-0.3, -0.25) is 0 Å². The van der Waals surface area contributed by atoms with E-state index in [9.17, 15) is 4.79 Å². The summed E-state index contributed by atoms with van der Waals surface area (Å²) >= 11 is 1.51. The van der Waals surface area contributed by atoms with Gasteiger partial charge in [-0.25, -0.2) is 14.3 Å². The average molecular weight is 277 g/mol. The van der Waals surface area contributed by atoms with Gasteiger partial charge < -0.3 is 4.42 Å². The summed E-state index contributed by atoms with van der Waals surface area (Å²) in [6.07, 6.45) is 1.78. The van der Waals surface area contributed by atoms with Crippen molar-refractivity contribution in [3.05, 3.63) is 40.4 Å². The summed E-state index contributed by atoms with van der Waals surface area (Å²) in [5.41, 5.74) is 1.67. The normalized spacial score (nSPS) is 12.2. The first-order valence-corrected chi connectivity index (χ1v) is 6.59. The molecule has 0 unspecified atom stereocenters. The van der Waals surface area contributed by atoms with Crippen molar-refractivity contribution in [2.45, 2.75) is 25.5 Å². The van der Waals surface area contributed by atoms with Gasteiger partial charge in [0, 0.05) is 16.5 Å². The second kappa shape index (κ2) is 5.44. The van der Waals surface area contributed by atoms with Gasteiger partial charge in [-0.05, 0) is 50.4 Å². The van der Waals surface area contributed by atoms with E-state index in [0.29, 0.717) is 0 Å². The van der Waals surface area contributed by atoms with E-state index < -0.39 is 5.76 Å². The molecule has 6 heteroatoms. The van der Waals surface area contributed by atoms with Gasteiger partial charge in [0.15, 0.2) is 0 Å². The molecule has 100 valence electrons. The highest BCUT2D eigenvalue weighted by molar-refractivity contribution is 7.99. The first kappa shape index (κ1) is 13.6. The quantitative estimate of drug-likeness (QED) is 0.691. The van der Waals surface area contributed by atoms with Gasteiger partial charge in [-0.2, -0.15) is 0 Å². The minimum Gasteiger partial charge on any atom is -0.388 e. The van der Waals surface area contributed by atoms with Crippen LogP contribution < -0.4 is 5.76 Å². The van der Waals surface area contributed by atoms with Crippen LogP contribution in [0, 0.1) is 0 Å². The first-order chi connectivity index (χ1) is 8.94. The Morgan fingerprint density at radius 1 is 1.42 bits per heavy atom. The summed E-state index contributed by atoms with van der Waals surface area (Å²) in [4.78, 5) is 10.9. The van der Waals surface area contributed by atoms with Crippen LogP contribution in [0.25, 0.3) is 11.5 Å². The minimum absolute atomic E-state index is 0.0864. The number of aromatic amines is 1. The molecule has 0 aliphatic heterocycles. The molecule has 0 saturated heterocycles. The van der Waals surface area contributed by atoms with Crippen LogP contribution in [0.1, 0.15) is 26.3 Å². The molecule has 2 aromatic rings. The monoisotopic (exact) mass is 277 g/mol. The number of nitrogens with one attached hydrogen (secondary N) is 1. The van der Waals surface area contributed by atoms with Crippen LogP contribution >= 0.6 is 11.9 Å². The van der Waals surface area contributed by atoms with Crippen molar-refractivity contribution in [3.63, 3.8) is 0 Å². The minimum atomic E-state index is -0.558. The van der Waals surface area contributed by atoms with E-state index in [1.54, 1.807) is 6.21 Å². The number of hydrogen-bond acceptors (Lipinski definition) is 5. The molecule has 0 aliphatic carbocycles. The maximum atomic E-state index is 10.9. The zero-order valence-electron chi connectivity index (χ0n) is 11.0. The fourth-order valence-corrected chi connectivity index (χ4v) is 1.84. The SMILES string of the molecule is CC(C)(C)S/N=C/c1cccc(-c2n[nH]c(=O)o2)c1. The lowest BCUT2D eigenvalue weighted by atomic mass is 10.1. The van der Waals surface area contributed by atoms with E-state index in [2.05, 4.69) is 35.4 Å². The van der Waals surface area contributed by atoms with Crippen LogP contribution in [0.3, 0.4) is 0 Å². The maximum Gasteiger partial charge on any atom is 0.434 e. The van der Waals surface area contributed by atoms with Gasteiger partial charge in [0.05, 0.1) is 0 Å². The zero-order valence-corrected chi connectivity index (χ0v) is 11.8. The van der Waals surface area contributed by atoms with E-state index in [1.165, 1.54) is 11.9 Å². The molecule has 0 radical (unpaired) electrons. The van der Waals surface area contributed by atoms with Gasteiger partial charge in [0.1, 0.15) is 0 Å². The molecule has 0 atom stereocenters. The fraction of sp³-hybridized carbons (Fsp3) is 0.308. The van der Waals surface area contributed by atoms with Gasteiger partial charge in [0.2, 0.25) is 5.89 Å². The Kier molecular flexibility index (Phi) is 3.90. The number of nitrogens with zero attached hydrogens (tertiary/aromatic N) is 2. The summed E-state index contributed by atoms with van der Waals surface area (Å²) in [6, 6.07) is 7.49. The molecule has 2 rings (SSSR count). The molecular weight excluding hydrogens is 262 g/mol. The Bertz CT molecular complexity index is 638. The van der Waals surface area contributed by atoms with E-state index in [-0.39, 0.29) is 10.6 Å². The van der Waals surface area contributed by atoms with Gasteiger partial charge in [-0.1, -0.05) is 12.1 Å². The third kappa shape index (κ3) is 4.10. The average Bonchev–Trinajstić information content (AvgIpc) is 2.75. The van der Waals surface area contributed by atoms with Crippen molar-refractivity contribution in [1.82, 2.24) is 10.2 Å². The van der Waals surface area contributed by atoms with Crippen LogP contribution in [-0.4, -0.2) is 21.2 Å². The third-order valence-electron chi connectivity index (χ3n) is 2.10. The molecule has 0 spiro atoms. The van der Waals surface area contributed by atoms with Crippen molar-refractivity contribution < 1.29 is 4.42 Å². The lowest BCUT2D eigenvalue weighted by Crippen LogP contribution is -2.04. The standard InChI is InChI=1S/C13H15N3O2S/c1-13(2,3)19-14-8-9-5-4-6-10(7-9)11-15-16-12(17)18-11/h4-8H,1-3H3,(H,16,17)/b14-8+. The van der Waals surface area contributed by atoms with Crippen molar-refractivity contribution in [2.24, 2.45) is 4.40 Å². The Labute approximate surface area is 115 Å². The molecule has 5 nitrogen and oxygen atoms in total. The maximum absolute atomic E-state index is 10.9. The molecule has 0 bridgehead atoms. The second-order valence-corrected chi connectivity index (χ2v) is 6.60. The van der Waals surface area contributed by atoms with Crippen LogP contribution in [0.4, 0.5) is 0 Å². The lowest BCUT2D eigenvalue weighted by molar-refractivity contribution is 0.527. The van der Waals surface area contributed by atoms with Crippen molar-refractivity contribution in [2.75, 3.05) is 0 Å². The third-order valence-corrected chi connectivity index (χ3v) is 2.86. The first-order valence-electron chi connectivity index (χ1n) is 5.81. The predicted octanol–water partition coefficient (Wildman–Crippen LogP) is 2.90. The van der Waals surface area contributed by atoms with Crippen LogP contribution in [0.2, 0.25) is 0 Å². The summed E-state index contributed by atoms with van der Waals surface area (Å²) < 4.78 is 9.32. The molecular formula is C13H15N3O2S. The number of hydrogen-bond donors (Lipinski definition) is 1. The van der Waals surface area contributed by atoms with E-state index in [1.807, 2.05) is 24.3 Å². The van der Waals surface area contributed by atoms with Gasteiger partial charge in [0.25, 0.3) is 0 Å². The summed E-state index contributed by atoms with van der Waals surface area (Å²) in [5.74, 6) is -0.277. The van der Waals surface area contributed by atoms with E-state index in [4.69, 9.17) is 4.42 Å². The molecule has 1 aromatic heterocycles. The number of rotatable bonds is 3. The highest BCUT2D eigenvalue weighted by Crippen LogP contribution is 2.24. The van der Waals surface area contributed by atoms with E-state index >= 15 is 0 Å². The van der Waals surface area contributed by atoms with E-state index in [0.717, 1.165) is 11.1 Å². The van der Waals surface area contributed by atoms with Crippen LogP contribution in [-0.2, 0) is 0 Å². The van der Waals surface area contributed by atoms with Crippen LogP contribution in [0.5, 0.6) is 0 Å². The van der Waals surface area contributed by atoms with Crippen molar-refractivity contribution in [3.8, 4) is 11.5 Å². The van der Waals surface area contributed by atoms with Crippen LogP contribution in [0.15, 0.2) is 37.9 Å². The molecule has 0 aliphatic rings. The van der Waals surface area contributed by atoms with Gasteiger partial charge in [-0.15, -0.1) is 5.10 Å². The zero-order chi connectivity index (χ0) is 13.9. The lowest BCUT2D eigenvalue weighted by Gasteiger charge is -2.12. The molecule has 0 amide bonds. The predicted molar refractivity (Wildman–Crippen MR) is 77.5 cm³/mol. The number of aromatic nitrogens is 2. The van der Waals surface area contributed by atoms with Crippen molar-refractivity contribution >= 4 is 18.2 Å². The topological polar surface area (TPSA) is 71.2 Å². The summed E-state index contributed by atoms with van der Waals surface area (Å²) in [7, 11) is 0. The fourth-order valence-electron chi connectivity index (χ4n) is 1.35. The number of benzene rings is 1. The second-order valence-electron chi connectivity index (χ2n) is 4.98. The molecule has 1 aromatic carbocycles. The molecule has 19 heavy (non-hydrogen) atoms. The Morgan fingerprint density at radius 2 is 2.21 bits per heavy atom. The highest BCUT2D eigenvalue weighted by Gasteiger charge is 2.09. The molecule has 1 N–H and O–H groups in total. The molecule has 0 fully saturated rings. The largest absolute Gasteiger partial charge is 0.434 e. The van der Waals surface area contributed by atoms with Gasteiger partial charge >= 0.3 is 5.76 Å².